The van der Waals surface area contributed by atoms with E-state index in [1.807, 2.05) is 13.1 Å². The highest BCUT2D eigenvalue weighted by molar-refractivity contribution is 5.32. The summed E-state index contributed by atoms with van der Waals surface area (Å²) in [6.07, 6.45) is 4.69. The number of aromatic nitrogens is 1. The van der Waals surface area contributed by atoms with Crippen LogP contribution in [0.15, 0.2) is 10.6 Å². The lowest BCUT2D eigenvalue weighted by Gasteiger charge is -1.92. The van der Waals surface area contributed by atoms with E-state index in [1.165, 1.54) is 19.3 Å². The van der Waals surface area contributed by atoms with Crippen molar-refractivity contribution in [3.8, 4) is 0 Å². The van der Waals surface area contributed by atoms with E-state index in [0.717, 1.165) is 18.0 Å². The zero-order valence-electron chi connectivity index (χ0n) is 7.76. The predicted molar refractivity (Wildman–Crippen MR) is 49.3 cm³/mol. The first-order chi connectivity index (χ1) is 5.86. The fourth-order valence-corrected chi connectivity index (χ4v) is 1.10. The van der Waals surface area contributed by atoms with Crippen molar-refractivity contribution in [3.05, 3.63) is 11.8 Å². The van der Waals surface area contributed by atoms with Gasteiger partial charge in [0.05, 0.1) is 0 Å². The fraction of sp³-hybridized carbons (Fsp3) is 0.667. The van der Waals surface area contributed by atoms with E-state index in [-0.39, 0.29) is 0 Å². The molecule has 1 N–H and O–H groups in total. The zero-order valence-corrected chi connectivity index (χ0v) is 7.76. The molecule has 0 saturated heterocycles. The maximum atomic E-state index is 5.09. The van der Waals surface area contributed by atoms with Gasteiger partial charge in [0.15, 0.2) is 5.82 Å². The van der Waals surface area contributed by atoms with Crippen molar-refractivity contribution in [3.63, 3.8) is 0 Å². The molecule has 0 spiro atoms. The van der Waals surface area contributed by atoms with Crippen LogP contribution < -0.4 is 5.32 Å². The van der Waals surface area contributed by atoms with Gasteiger partial charge in [0.1, 0.15) is 5.76 Å². The maximum absolute atomic E-state index is 5.09. The summed E-state index contributed by atoms with van der Waals surface area (Å²) < 4.78 is 5.09. The second-order valence-electron chi connectivity index (χ2n) is 2.89. The SMILES string of the molecule is CCCCCc1cc(NC)no1. The van der Waals surface area contributed by atoms with E-state index in [4.69, 9.17) is 4.52 Å². The summed E-state index contributed by atoms with van der Waals surface area (Å²) >= 11 is 0. The van der Waals surface area contributed by atoms with Crippen LogP contribution in [0, 0.1) is 0 Å². The van der Waals surface area contributed by atoms with Crippen LogP contribution in [0.25, 0.3) is 0 Å². The number of hydrogen-bond acceptors (Lipinski definition) is 3. The van der Waals surface area contributed by atoms with Gasteiger partial charge in [-0.1, -0.05) is 24.9 Å². The van der Waals surface area contributed by atoms with Crippen molar-refractivity contribution < 1.29 is 4.52 Å². The lowest BCUT2D eigenvalue weighted by Crippen LogP contribution is -1.85. The average molecular weight is 168 g/mol. The summed E-state index contributed by atoms with van der Waals surface area (Å²) in [7, 11) is 1.84. The normalized spacial score (nSPS) is 10.2. The lowest BCUT2D eigenvalue weighted by molar-refractivity contribution is 0.381. The van der Waals surface area contributed by atoms with Gasteiger partial charge >= 0.3 is 0 Å². The van der Waals surface area contributed by atoms with E-state index in [1.54, 1.807) is 0 Å². The van der Waals surface area contributed by atoms with Crippen molar-refractivity contribution in [1.82, 2.24) is 5.16 Å². The van der Waals surface area contributed by atoms with Crippen LogP contribution in [0.1, 0.15) is 31.9 Å². The molecular weight excluding hydrogens is 152 g/mol. The molecule has 0 atom stereocenters. The van der Waals surface area contributed by atoms with Gasteiger partial charge in [0.25, 0.3) is 0 Å². The number of hydrogen-bond donors (Lipinski definition) is 1. The molecule has 0 amide bonds. The largest absolute Gasteiger partial charge is 0.370 e. The van der Waals surface area contributed by atoms with Crippen LogP contribution in [-0.4, -0.2) is 12.2 Å². The van der Waals surface area contributed by atoms with Gasteiger partial charge in [0, 0.05) is 19.5 Å². The Kier molecular flexibility index (Phi) is 3.64. The minimum absolute atomic E-state index is 0.821. The lowest BCUT2D eigenvalue weighted by atomic mass is 10.2. The Labute approximate surface area is 73.1 Å². The Morgan fingerprint density at radius 2 is 2.33 bits per heavy atom. The first kappa shape index (κ1) is 9.10. The fourth-order valence-electron chi connectivity index (χ4n) is 1.10. The van der Waals surface area contributed by atoms with Crippen LogP contribution in [0.4, 0.5) is 5.82 Å². The molecule has 1 rings (SSSR count). The third kappa shape index (κ3) is 2.57. The minimum atomic E-state index is 0.821. The standard InChI is InChI=1S/C9H16N2O/c1-3-4-5-6-8-7-9(10-2)11-12-8/h7H,3-6H2,1-2H3,(H,10,11). The Balaban J connectivity index is 2.31. The highest BCUT2D eigenvalue weighted by Gasteiger charge is 2.00. The van der Waals surface area contributed by atoms with E-state index in [2.05, 4.69) is 17.4 Å². The van der Waals surface area contributed by atoms with E-state index in [9.17, 15) is 0 Å². The van der Waals surface area contributed by atoms with Crippen molar-refractivity contribution in [2.45, 2.75) is 32.6 Å². The molecule has 0 aromatic carbocycles. The van der Waals surface area contributed by atoms with Crippen LogP contribution in [0.2, 0.25) is 0 Å². The molecule has 0 radical (unpaired) electrons. The number of nitrogens with one attached hydrogen (secondary N) is 1. The summed E-state index contributed by atoms with van der Waals surface area (Å²) in [4.78, 5) is 0. The number of nitrogens with zero attached hydrogens (tertiary/aromatic N) is 1. The average Bonchev–Trinajstić information content (AvgIpc) is 2.53. The van der Waals surface area contributed by atoms with Crippen molar-refractivity contribution >= 4 is 5.82 Å². The summed E-state index contributed by atoms with van der Waals surface area (Å²) in [5, 5.41) is 6.76. The van der Waals surface area contributed by atoms with Gasteiger partial charge in [-0.15, -0.1) is 0 Å². The molecule has 0 aliphatic carbocycles. The second kappa shape index (κ2) is 4.80. The Morgan fingerprint density at radius 3 is 2.92 bits per heavy atom. The molecule has 12 heavy (non-hydrogen) atoms. The van der Waals surface area contributed by atoms with Crippen LogP contribution in [-0.2, 0) is 6.42 Å². The molecule has 0 saturated carbocycles. The molecular formula is C9H16N2O. The van der Waals surface area contributed by atoms with Crippen molar-refractivity contribution in [2.75, 3.05) is 12.4 Å². The molecule has 0 bridgehead atoms. The van der Waals surface area contributed by atoms with Crippen molar-refractivity contribution in [2.24, 2.45) is 0 Å². The van der Waals surface area contributed by atoms with E-state index in [0.29, 0.717) is 0 Å². The third-order valence-electron chi connectivity index (χ3n) is 1.84. The molecule has 68 valence electrons. The van der Waals surface area contributed by atoms with E-state index < -0.39 is 0 Å². The van der Waals surface area contributed by atoms with Crippen LogP contribution in [0.5, 0.6) is 0 Å². The Morgan fingerprint density at radius 1 is 1.50 bits per heavy atom. The third-order valence-corrected chi connectivity index (χ3v) is 1.84. The number of aryl methyl sites for hydroxylation is 1. The van der Waals surface area contributed by atoms with Gasteiger partial charge in [-0.3, -0.25) is 0 Å². The number of rotatable bonds is 5. The Bertz CT molecular complexity index is 220. The summed E-state index contributed by atoms with van der Waals surface area (Å²) in [5.41, 5.74) is 0. The van der Waals surface area contributed by atoms with Gasteiger partial charge in [-0.2, -0.15) is 0 Å². The summed E-state index contributed by atoms with van der Waals surface area (Å²) in [6.45, 7) is 2.19. The van der Waals surface area contributed by atoms with Crippen molar-refractivity contribution in [1.29, 1.82) is 0 Å². The molecule has 1 aromatic rings. The number of anilines is 1. The summed E-state index contributed by atoms with van der Waals surface area (Å²) in [6, 6.07) is 1.95. The molecule has 0 fully saturated rings. The maximum Gasteiger partial charge on any atom is 0.169 e. The molecule has 0 unspecified atom stereocenters. The topological polar surface area (TPSA) is 38.1 Å². The van der Waals surface area contributed by atoms with Crippen LogP contribution >= 0.6 is 0 Å². The van der Waals surface area contributed by atoms with Gasteiger partial charge < -0.3 is 9.84 Å². The Hall–Kier alpha value is -0.990. The molecule has 1 aromatic heterocycles. The first-order valence-corrected chi connectivity index (χ1v) is 4.50. The smallest absolute Gasteiger partial charge is 0.169 e. The minimum Gasteiger partial charge on any atom is -0.370 e. The van der Waals surface area contributed by atoms with Gasteiger partial charge in [0.2, 0.25) is 0 Å². The number of unbranched alkanes of at least 4 members (excludes halogenated alkanes) is 2. The molecule has 3 heteroatoms. The second-order valence-corrected chi connectivity index (χ2v) is 2.89. The quantitative estimate of drug-likeness (QED) is 0.686. The van der Waals surface area contributed by atoms with Gasteiger partial charge in [-0.25, -0.2) is 0 Å². The highest BCUT2D eigenvalue weighted by atomic mass is 16.5. The van der Waals surface area contributed by atoms with E-state index >= 15 is 0 Å². The molecule has 0 aliphatic rings. The summed E-state index contributed by atoms with van der Waals surface area (Å²) in [5.74, 6) is 1.80. The van der Waals surface area contributed by atoms with Gasteiger partial charge in [-0.05, 0) is 6.42 Å². The monoisotopic (exact) mass is 168 g/mol. The first-order valence-electron chi connectivity index (χ1n) is 4.50. The zero-order chi connectivity index (χ0) is 8.81. The molecule has 1 heterocycles. The molecule has 3 nitrogen and oxygen atoms in total. The predicted octanol–water partition coefficient (Wildman–Crippen LogP) is 2.45. The molecule has 0 aliphatic heterocycles. The van der Waals surface area contributed by atoms with Crippen LogP contribution in [0.3, 0.4) is 0 Å². The highest BCUT2D eigenvalue weighted by Crippen LogP contribution is 2.11.